The SMILES string of the molecule is COC(=O)c1cccc(NC(=O)[C@@H]2CC[C@H](C(=O)O)O2)c1. The maximum Gasteiger partial charge on any atom is 0.337 e. The fourth-order valence-corrected chi connectivity index (χ4v) is 2.08. The molecule has 1 saturated heterocycles. The summed E-state index contributed by atoms with van der Waals surface area (Å²) in [6, 6.07) is 6.27. The number of carboxylic acid groups (broad SMARTS) is 1. The Morgan fingerprint density at radius 1 is 1.29 bits per heavy atom. The summed E-state index contributed by atoms with van der Waals surface area (Å²) in [7, 11) is 1.27. The van der Waals surface area contributed by atoms with Crippen molar-refractivity contribution in [3.05, 3.63) is 29.8 Å². The zero-order chi connectivity index (χ0) is 15.4. The van der Waals surface area contributed by atoms with Gasteiger partial charge in [0.05, 0.1) is 12.7 Å². The molecule has 2 atom stereocenters. The van der Waals surface area contributed by atoms with Crippen LogP contribution in [0.25, 0.3) is 0 Å². The summed E-state index contributed by atoms with van der Waals surface area (Å²) in [5.41, 5.74) is 0.733. The molecular weight excluding hydrogens is 278 g/mol. The summed E-state index contributed by atoms with van der Waals surface area (Å²) >= 11 is 0. The second-order valence-corrected chi connectivity index (χ2v) is 4.59. The minimum Gasteiger partial charge on any atom is -0.479 e. The van der Waals surface area contributed by atoms with Gasteiger partial charge in [-0.1, -0.05) is 6.07 Å². The fraction of sp³-hybridized carbons (Fsp3) is 0.357. The zero-order valence-corrected chi connectivity index (χ0v) is 11.4. The number of carbonyl (C=O) groups excluding carboxylic acids is 2. The lowest BCUT2D eigenvalue weighted by Gasteiger charge is -2.12. The summed E-state index contributed by atoms with van der Waals surface area (Å²) in [5.74, 6) is -2.01. The van der Waals surface area contributed by atoms with Crippen LogP contribution >= 0.6 is 0 Å². The van der Waals surface area contributed by atoms with Gasteiger partial charge < -0.3 is 19.9 Å². The number of nitrogens with one attached hydrogen (secondary N) is 1. The van der Waals surface area contributed by atoms with E-state index < -0.39 is 30.1 Å². The van der Waals surface area contributed by atoms with E-state index in [1.807, 2.05) is 0 Å². The summed E-state index contributed by atoms with van der Waals surface area (Å²) in [6.45, 7) is 0. The lowest BCUT2D eigenvalue weighted by atomic mass is 10.1. The standard InChI is InChI=1S/C14H15NO6/c1-20-14(19)8-3-2-4-9(7-8)15-12(16)10-5-6-11(21-10)13(17)18/h2-4,7,10-11H,5-6H2,1H3,(H,15,16)(H,17,18)/t10-,11+/m0/s1. The molecule has 1 aromatic rings. The van der Waals surface area contributed by atoms with Crippen LogP contribution < -0.4 is 5.32 Å². The van der Waals surface area contributed by atoms with Crippen molar-refractivity contribution in [2.45, 2.75) is 25.0 Å². The number of esters is 1. The second-order valence-electron chi connectivity index (χ2n) is 4.59. The molecule has 1 aliphatic rings. The maximum absolute atomic E-state index is 12.0. The minimum atomic E-state index is -1.07. The molecule has 21 heavy (non-hydrogen) atoms. The van der Waals surface area contributed by atoms with Crippen LogP contribution in [0.1, 0.15) is 23.2 Å². The highest BCUT2D eigenvalue weighted by Gasteiger charge is 2.34. The number of carbonyl (C=O) groups is 3. The van der Waals surface area contributed by atoms with Gasteiger partial charge >= 0.3 is 11.9 Å². The minimum absolute atomic E-state index is 0.301. The molecule has 1 amide bonds. The van der Waals surface area contributed by atoms with Crippen LogP contribution in [0.2, 0.25) is 0 Å². The first-order valence-electron chi connectivity index (χ1n) is 6.38. The number of benzene rings is 1. The number of rotatable bonds is 4. The molecule has 0 unspecified atom stereocenters. The molecular formula is C14H15NO6. The Balaban J connectivity index is 2.00. The number of carboxylic acids is 1. The molecule has 0 aliphatic carbocycles. The Labute approximate surface area is 120 Å². The Morgan fingerprint density at radius 2 is 2.00 bits per heavy atom. The van der Waals surface area contributed by atoms with E-state index in [2.05, 4.69) is 10.1 Å². The number of ether oxygens (including phenoxy) is 2. The van der Waals surface area contributed by atoms with Gasteiger partial charge in [-0.3, -0.25) is 4.79 Å². The third kappa shape index (κ3) is 3.57. The Morgan fingerprint density at radius 3 is 2.62 bits per heavy atom. The van der Waals surface area contributed by atoms with Crippen molar-refractivity contribution >= 4 is 23.5 Å². The molecule has 0 saturated carbocycles. The van der Waals surface area contributed by atoms with Crippen LogP contribution in [0.3, 0.4) is 0 Å². The second kappa shape index (κ2) is 6.36. The van der Waals surface area contributed by atoms with Gasteiger partial charge in [0.25, 0.3) is 5.91 Å². The molecule has 0 spiro atoms. The van der Waals surface area contributed by atoms with Crippen LogP contribution in [-0.2, 0) is 19.1 Å². The monoisotopic (exact) mass is 293 g/mol. The quantitative estimate of drug-likeness (QED) is 0.804. The number of hydrogen-bond acceptors (Lipinski definition) is 5. The normalized spacial score (nSPS) is 20.8. The van der Waals surface area contributed by atoms with Crippen molar-refractivity contribution < 1.29 is 29.0 Å². The van der Waals surface area contributed by atoms with E-state index in [1.54, 1.807) is 18.2 Å². The van der Waals surface area contributed by atoms with Crippen molar-refractivity contribution in [1.82, 2.24) is 0 Å². The lowest BCUT2D eigenvalue weighted by Crippen LogP contribution is -2.30. The van der Waals surface area contributed by atoms with E-state index in [0.29, 0.717) is 24.1 Å². The van der Waals surface area contributed by atoms with E-state index in [4.69, 9.17) is 9.84 Å². The van der Waals surface area contributed by atoms with Crippen molar-refractivity contribution in [3.8, 4) is 0 Å². The van der Waals surface area contributed by atoms with Gasteiger partial charge in [-0.2, -0.15) is 0 Å². The smallest absolute Gasteiger partial charge is 0.337 e. The summed E-state index contributed by atoms with van der Waals surface area (Å²) in [6.07, 6.45) is -1.09. The summed E-state index contributed by atoms with van der Waals surface area (Å²) in [5, 5.41) is 11.4. The van der Waals surface area contributed by atoms with Crippen molar-refractivity contribution in [1.29, 1.82) is 0 Å². The van der Waals surface area contributed by atoms with Crippen molar-refractivity contribution in [2.24, 2.45) is 0 Å². The van der Waals surface area contributed by atoms with Crippen LogP contribution in [0.4, 0.5) is 5.69 Å². The van der Waals surface area contributed by atoms with E-state index in [1.165, 1.54) is 13.2 Å². The first kappa shape index (κ1) is 15.0. The predicted octanol–water partition coefficient (Wildman–Crippen LogP) is 1.04. The van der Waals surface area contributed by atoms with Crippen LogP contribution in [0.5, 0.6) is 0 Å². The molecule has 1 heterocycles. The Bertz CT molecular complexity index is 570. The molecule has 2 N–H and O–H groups in total. The fourth-order valence-electron chi connectivity index (χ4n) is 2.08. The van der Waals surface area contributed by atoms with E-state index in [-0.39, 0.29) is 0 Å². The molecule has 0 aromatic heterocycles. The summed E-state index contributed by atoms with van der Waals surface area (Å²) < 4.78 is 9.75. The first-order chi connectivity index (χ1) is 10.0. The topological polar surface area (TPSA) is 102 Å². The van der Waals surface area contributed by atoms with E-state index in [0.717, 1.165) is 0 Å². The first-order valence-corrected chi connectivity index (χ1v) is 6.38. The third-order valence-electron chi connectivity index (χ3n) is 3.14. The van der Waals surface area contributed by atoms with Crippen LogP contribution in [0.15, 0.2) is 24.3 Å². The van der Waals surface area contributed by atoms with Crippen molar-refractivity contribution in [2.75, 3.05) is 12.4 Å². The van der Waals surface area contributed by atoms with Gasteiger partial charge in [0.1, 0.15) is 6.10 Å². The number of anilines is 1. The highest BCUT2D eigenvalue weighted by molar-refractivity contribution is 5.96. The van der Waals surface area contributed by atoms with Crippen LogP contribution in [-0.4, -0.2) is 42.3 Å². The maximum atomic E-state index is 12.0. The Hall–Kier alpha value is -2.41. The lowest BCUT2D eigenvalue weighted by molar-refractivity contribution is -0.150. The molecule has 7 heteroatoms. The zero-order valence-electron chi connectivity index (χ0n) is 11.4. The van der Waals surface area contributed by atoms with Crippen LogP contribution in [0, 0.1) is 0 Å². The third-order valence-corrected chi connectivity index (χ3v) is 3.14. The molecule has 112 valence electrons. The average Bonchev–Trinajstić information content (AvgIpc) is 2.97. The number of methoxy groups -OCH3 is 1. The van der Waals surface area contributed by atoms with Gasteiger partial charge in [-0.25, -0.2) is 9.59 Å². The average molecular weight is 293 g/mol. The predicted molar refractivity (Wildman–Crippen MR) is 71.9 cm³/mol. The number of aliphatic carboxylic acids is 1. The van der Waals surface area contributed by atoms with Crippen molar-refractivity contribution in [3.63, 3.8) is 0 Å². The highest BCUT2D eigenvalue weighted by Crippen LogP contribution is 2.21. The van der Waals surface area contributed by atoms with Gasteiger partial charge in [0, 0.05) is 5.69 Å². The molecule has 2 rings (SSSR count). The highest BCUT2D eigenvalue weighted by atomic mass is 16.5. The largest absolute Gasteiger partial charge is 0.479 e. The molecule has 7 nitrogen and oxygen atoms in total. The Kier molecular flexibility index (Phi) is 4.54. The van der Waals surface area contributed by atoms with Gasteiger partial charge in [0.15, 0.2) is 6.10 Å². The van der Waals surface area contributed by atoms with Gasteiger partial charge in [0.2, 0.25) is 0 Å². The number of hydrogen-bond donors (Lipinski definition) is 2. The number of amides is 1. The molecule has 0 bridgehead atoms. The van der Waals surface area contributed by atoms with Gasteiger partial charge in [-0.15, -0.1) is 0 Å². The molecule has 0 radical (unpaired) electrons. The molecule has 1 aliphatic heterocycles. The molecule has 1 fully saturated rings. The summed E-state index contributed by atoms with van der Waals surface area (Å²) in [4.78, 5) is 34.2. The van der Waals surface area contributed by atoms with E-state index in [9.17, 15) is 14.4 Å². The van der Waals surface area contributed by atoms with E-state index >= 15 is 0 Å². The van der Waals surface area contributed by atoms with Gasteiger partial charge in [-0.05, 0) is 31.0 Å². The molecule has 1 aromatic carbocycles.